The van der Waals surface area contributed by atoms with Crippen LogP contribution < -0.4 is 5.73 Å². The zero-order chi connectivity index (χ0) is 10.1. The Balaban J connectivity index is 3.05. The number of nitrogens with zero attached hydrogens (tertiary/aromatic N) is 1. The summed E-state index contributed by atoms with van der Waals surface area (Å²) in [6.07, 6.45) is -2.10. The summed E-state index contributed by atoms with van der Waals surface area (Å²) in [6.45, 7) is 0. The number of nitrogens with two attached hydrogens (primary N) is 1. The monoisotopic (exact) mass is 188 g/mol. The Kier molecular flexibility index (Phi) is 2.43. The zero-order valence-corrected chi connectivity index (χ0v) is 6.60. The Morgan fingerprint density at radius 1 is 1.54 bits per heavy atom. The summed E-state index contributed by atoms with van der Waals surface area (Å²) in [5.74, 6) is 0. The molecule has 2 N–H and O–H groups in total. The molecule has 1 unspecified atom stereocenters. The second-order valence-corrected chi connectivity index (χ2v) is 2.71. The topological polar surface area (TPSA) is 49.8 Å². The molecule has 0 heterocycles. The summed E-state index contributed by atoms with van der Waals surface area (Å²) in [4.78, 5) is 0. The highest BCUT2D eigenvalue weighted by Crippen LogP contribution is 2.33. The first-order chi connectivity index (χ1) is 5.95. The first-order valence-corrected chi connectivity index (χ1v) is 3.60. The fourth-order valence-electron chi connectivity index (χ4n) is 1.09. The molecule has 0 aromatic heterocycles. The largest absolute Gasteiger partial charge is 0.417 e. The Morgan fingerprint density at radius 2 is 2.15 bits per heavy atom. The zero-order valence-electron chi connectivity index (χ0n) is 6.60. The maximum atomic E-state index is 12.2. The maximum Gasteiger partial charge on any atom is 0.417 e. The van der Waals surface area contributed by atoms with Crippen LogP contribution in [0.2, 0.25) is 0 Å². The van der Waals surface area contributed by atoms with Crippen LogP contribution in [0, 0.1) is 11.3 Å². The first-order valence-electron chi connectivity index (χ1n) is 3.60. The lowest BCUT2D eigenvalue weighted by atomic mass is 9.96. The molecule has 70 valence electrons. The molecule has 1 atom stereocenters. The lowest BCUT2D eigenvalue weighted by Crippen LogP contribution is -2.25. The van der Waals surface area contributed by atoms with Crippen molar-refractivity contribution in [1.29, 1.82) is 5.26 Å². The summed E-state index contributed by atoms with van der Waals surface area (Å²) in [5.41, 5.74) is 4.05. The molecule has 0 aromatic rings. The van der Waals surface area contributed by atoms with Crippen LogP contribution in [0.25, 0.3) is 0 Å². The molecule has 0 saturated heterocycles. The minimum Gasteiger partial charge on any atom is -0.324 e. The van der Waals surface area contributed by atoms with Gasteiger partial charge in [-0.1, -0.05) is 12.2 Å². The quantitative estimate of drug-likeness (QED) is 0.628. The normalized spacial score (nSPS) is 23.2. The number of allylic oxidation sites excluding steroid dienone is 2. The minimum absolute atomic E-state index is 0.280. The first kappa shape index (κ1) is 9.81. The summed E-state index contributed by atoms with van der Waals surface area (Å²) in [7, 11) is 0. The molecule has 2 nitrogen and oxygen atoms in total. The van der Waals surface area contributed by atoms with E-state index in [9.17, 15) is 13.2 Å². The number of nitriles is 1. The van der Waals surface area contributed by atoms with E-state index in [4.69, 9.17) is 11.0 Å². The fourth-order valence-corrected chi connectivity index (χ4v) is 1.09. The van der Waals surface area contributed by atoms with E-state index in [1.165, 1.54) is 12.1 Å². The van der Waals surface area contributed by atoms with Crippen molar-refractivity contribution in [3.63, 3.8) is 0 Å². The second-order valence-electron chi connectivity index (χ2n) is 2.71. The van der Waals surface area contributed by atoms with Crippen LogP contribution in [-0.2, 0) is 0 Å². The molecular formula is C8H7F3N2. The molecule has 0 saturated carbocycles. The fraction of sp³-hybridized carbons (Fsp3) is 0.375. The van der Waals surface area contributed by atoms with Gasteiger partial charge in [0.05, 0.1) is 17.2 Å². The molecule has 0 radical (unpaired) electrons. The van der Waals surface area contributed by atoms with Crippen LogP contribution in [0.5, 0.6) is 0 Å². The molecule has 5 heteroatoms. The van der Waals surface area contributed by atoms with E-state index in [0.717, 1.165) is 6.08 Å². The van der Waals surface area contributed by atoms with Gasteiger partial charge in [0.1, 0.15) is 0 Å². The Hall–Kier alpha value is -1.28. The van der Waals surface area contributed by atoms with Crippen molar-refractivity contribution in [2.75, 3.05) is 0 Å². The summed E-state index contributed by atoms with van der Waals surface area (Å²) >= 11 is 0. The molecule has 1 rings (SSSR count). The Labute approximate surface area is 73.1 Å². The number of hydrogen-bond acceptors (Lipinski definition) is 2. The van der Waals surface area contributed by atoms with Crippen molar-refractivity contribution >= 4 is 0 Å². The molecule has 0 amide bonds. The average Bonchev–Trinajstić information content (AvgIpc) is 2.03. The molecule has 0 bridgehead atoms. The van der Waals surface area contributed by atoms with Crippen molar-refractivity contribution in [3.8, 4) is 6.07 Å². The maximum absolute atomic E-state index is 12.2. The molecular weight excluding hydrogens is 181 g/mol. The van der Waals surface area contributed by atoms with Gasteiger partial charge in [-0.2, -0.15) is 18.4 Å². The van der Waals surface area contributed by atoms with Gasteiger partial charge in [-0.05, 0) is 6.42 Å². The lowest BCUT2D eigenvalue weighted by molar-refractivity contribution is -0.0894. The third-order valence-corrected chi connectivity index (χ3v) is 1.69. The predicted octanol–water partition coefficient (Wildman–Crippen LogP) is 1.66. The van der Waals surface area contributed by atoms with Crippen LogP contribution in [0.4, 0.5) is 13.2 Å². The SMILES string of the molecule is N#CC1=CCC(N)C=C1C(F)(F)F. The third-order valence-electron chi connectivity index (χ3n) is 1.69. The second kappa shape index (κ2) is 3.23. The summed E-state index contributed by atoms with van der Waals surface area (Å²) < 4.78 is 36.7. The number of hydrogen-bond donors (Lipinski definition) is 1. The average molecular weight is 188 g/mol. The third kappa shape index (κ3) is 2.10. The molecule has 0 aliphatic heterocycles. The van der Waals surface area contributed by atoms with Crippen LogP contribution in [0.15, 0.2) is 23.3 Å². The lowest BCUT2D eigenvalue weighted by Gasteiger charge is -2.17. The van der Waals surface area contributed by atoms with Crippen molar-refractivity contribution in [3.05, 3.63) is 23.3 Å². The molecule has 0 fully saturated rings. The summed E-state index contributed by atoms with van der Waals surface area (Å²) in [6, 6.07) is 0.854. The Bertz CT molecular complexity index is 306. The van der Waals surface area contributed by atoms with E-state index in [1.807, 2.05) is 0 Å². The van der Waals surface area contributed by atoms with Gasteiger partial charge in [0, 0.05) is 6.04 Å². The van der Waals surface area contributed by atoms with Gasteiger partial charge in [0.2, 0.25) is 0 Å². The molecule has 1 aliphatic rings. The van der Waals surface area contributed by atoms with Crippen LogP contribution >= 0.6 is 0 Å². The van der Waals surface area contributed by atoms with Crippen molar-refractivity contribution in [2.45, 2.75) is 18.6 Å². The highest BCUT2D eigenvalue weighted by Gasteiger charge is 2.37. The van der Waals surface area contributed by atoms with Gasteiger partial charge in [0.25, 0.3) is 0 Å². The number of halogens is 3. The molecule has 0 spiro atoms. The highest BCUT2D eigenvalue weighted by atomic mass is 19.4. The molecule has 13 heavy (non-hydrogen) atoms. The van der Waals surface area contributed by atoms with E-state index in [0.29, 0.717) is 0 Å². The van der Waals surface area contributed by atoms with Gasteiger partial charge in [0.15, 0.2) is 0 Å². The molecule has 0 aromatic carbocycles. The molecule has 1 aliphatic carbocycles. The van der Waals surface area contributed by atoms with Gasteiger partial charge in [-0.25, -0.2) is 0 Å². The van der Waals surface area contributed by atoms with E-state index in [2.05, 4.69) is 0 Å². The van der Waals surface area contributed by atoms with Gasteiger partial charge in [-0.15, -0.1) is 0 Å². The van der Waals surface area contributed by atoms with Gasteiger partial charge < -0.3 is 5.73 Å². The van der Waals surface area contributed by atoms with Gasteiger partial charge >= 0.3 is 6.18 Å². The van der Waals surface area contributed by atoms with Crippen LogP contribution in [-0.4, -0.2) is 12.2 Å². The van der Waals surface area contributed by atoms with E-state index < -0.39 is 17.8 Å². The smallest absolute Gasteiger partial charge is 0.324 e. The number of rotatable bonds is 0. The minimum atomic E-state index is -4.49. The van der Waals surface area contributed by atoms with Crippen molar-refractivity contribution in [1.82, 2.24) is 0 Å². The van der Waals surface area contributed by atoms with E-state index in [1.54, 1.807) is 0 Å². The predicted molar refractivity (Wildman–Crippen MR) is 40.4 cm³/mol. The van der Waals surface area contributed by atoms with Crippen LogP contribution in [0.3, 0.4) is 0 Å². The van der Waals surface area contributed by atoms with E-state index >= 15 is 0 Å². The van der Waals surface area contributed by atoms with Gasteiger partial charge in [-0.3, -0.25) is 0 Å². The summed E-state index contributed by atoms with van der Waals surface area (Å²) in [5, 5.41) is 8.41. The highest BCUT2D eigenvalue weighted by molar-refractivity contribution is 5.47. The number of alkyl halides is 3. The van der Waals surface area contributed by atoms with Crippen molar-refractivity contribution in [2.24, 2.45) is 5.73 Å². The van der Waals surface area contributed by atoms with Crippen LogP contribution in [0.1, 0.15) is 6.42 Å². The standard InChI is InChI=1S/C8H7F3N2/c9-8(10,11)7-3-6(13)2-1-5(7)4-12/h1,3,6H,2,13H2. The van der Waals surface area contributed by atoms with Crippen molar-refractivity contribution < 1.29 is 13.2 Å². The Morgan fingerprint density at radius 3 is 2.62 bits per heavy atom. The van der Waals surface area contributed by atoms with E-state index in [-0.39, 0.29) is 12.0 Å².